The lowest BCUT2D eigenvalue weighted by Gasteiger charge is -2.16. The molecule has 0 radical (unpaired) electrons. The van der Waals surface area contributed by atoms with Crippen LogP contribution in [0, 0.1) is 6.92 Å². The zero-order valence-electron chi connectivity index (χ0n) is 10.6. The van der Waals surface area contributed by atoms with Crippen LogP contribution in [-0.4, -0.2) is 17.1 Å². The number of benzene rings is 1. The van der Waals surface area contributed by atoms with Gasteiger partial charge in [0.25, 0.3) is 0 Å². The number of aryl methyl sites for hydroxylation is 1. The molecule has 0 saturated carbocycles. The van der Waals surface area contributed by atoms with Crippen LogP contribution in [0.3, 0.4) is 0 Å². The van der Waals surface area contributed by atoms with Crippen LogP contribution in [0.25, 0.3) is 0 Å². The first-order valence-corrected chi connectivity index (χ1v) is 5.83. The van der Waals surface area contributed by atoms with E-state index in [1.807, 2.05) is 26.0 Å². The Morgan fingerprint density at radius 3 is 2.82 bits per heavy atom. The number of nitrogens with zero attached hydrogens (tertiary/aromatic N) is 1. The lowest BCUT2D eigenvalue weighted by Crippen LogP contribution is -2.15. The highest BCUT2D eigenvalue weighted by molar-refractivity contribution is 5.97. The Morgan fingerprint density at radius 2 is 2.24 bits per heavy atom. The largest absolute Gasteiger partial charge is 0.490 e. The van der Waals surface area contributed by atoms with Crippen LogP contribution in [0.4, 0.5) is 0 Å². The summed E-state index contributed by atoms with van der Waals surface area (Å²) in [6.45, 7) is 6.14. The Bertz CT molecular complexity index is 402. The smallest absolute Gasteiger partial charge is 0.170 e. The predicted molar refractivity (Wildman–Crippen MR) is 68.7 cm³/mol. The molecule has 0 aliphatic rings. The summed E-state index contributed by atoms with van der Waals surface area (Å²) in [6, 6.07) is 5.51. The summed E-state index contributed by atoms with van der Waals surface area (Å²) in [5.74, 6) is 0.882. The summed E-state index contributed by atoms with van der Waals surface area (Å²) in [4.78, 5) is 0. The number of amidine groups is 1. The van der Waals surface area contributed by atoms with Gasteiger partial charge in [0.15, 0.2) is 5.84 Å². The van der Waals surface area contributed by atoms with Crippen LogP contribution >= 0.6 is 0 Å². The molecule has 0 amide bonds. The van der Waals surface area contributed by atoms with Crippen LogP contribution in [0.15, 0.2) is 23.4 Å². The van der Waals surface area contributed by atoms with Crippen molar-refractivity contribution in [3.05, 3.63) is 29.3 Å². The molecule has 1 aromatic rings. The Hall–Kier alpha value is -1.71. The van der Waals surface area contributed by atoms with Gasteiger partial charge in [-0.05, 0) is 31.9 Å². The fraction of sp³-hybridized carbons (Fsp3) is 0.462. The van der Waals surface area contributed by atoms with Gasteiger partial charge in [-0.15, -0.1) is 0 Å². The topological polar surface area (TPSA) is 67.8 Å². The average molecular weight is 236 g/mol. The molecule has 3 N–H and O–H groups in total. The zero-order chi connectivity index (χ0) is 12.8. The number of hydrogen-bond acceptors (Lipinski definition) is 3. The molecule has 0 heterocycles. The Morgan fingerprint density at radius 1 is 1.53 bits per heavy atom. The highest BCUT2D eigenvalue weighted by atomic mass is 16.5. The molecule has 0 aliphatic carbocycles. The van der Waals surface area contributed by atoms with Crippen molar-refractivity contribution in [2.24, 2.45) is 10.9 Å². The Balaban J connectivity index is 2.91. The monoisotopic (exact) mass is 236 g/mol. The van der Waals surface area contributed by atoms with Crippen molar-refractivity contribution in [2.75, 3.05) is 0 Å². The van der Waals surface area contributed by atoms with Crippen molar-refractivity contribution in [2.45, 2.75) is 39.7 Å². The minimum absolute atomic E-state index is 0.0954. The molecule has 1 unspecified atom stereocenters. The summed E-state index contributed by atoms with van der Waals surface area (Å²) in [5.41, 5.74) is 7.25. The van der Waals surface area contributed by atoms with Gasteiger partial charge in [0.1, 0.15) is 5.75 Å². The molecule has 0 fully saturated rings. The molecule has 1 aromatic carbocycles. The fourth-order valence-electron chi connectivity index (χ4n) is 1.63. The molecule has 94 valence electrons. The van der Waals surface area contributed by atoms with Crippen LogP contribution in [0.5, 0.6) is 5.75 Å². The average Bonchev–Trinajstić information content (AvgIpc) is 2.31. The third kappa shape index (κ3) is 3.66. The quantitative estimate of drug-likeness (QED) is 0.357. The second-order valence-corrected chi connectivity index (χ2v) is 4.18. The molecule has 1 atom stereocenters. The number of hydrogen-bond donors (Lipinski definition) is 2. The second-order valence-electron chi connectivity index (χ2n) is 4.18. The fourth-order valence-corrected chi connectivity index (χ4v) is 1.63. The standard InChI is InChI=1S/C13H20N2O2/c1-4-5-10(3)17-12-8-11(13(14)15-16)7-6-9(12)2/h6-8,10,16H,4-5H2,1-3H3,(H2,14,15). The van der Waals surface area contributed by atoms with Crippen molar-refractivity contribution < 1.29 is 9.94 Å². The van der Waals surface area contributed by atoms with Crippen molar-refractivity contribution in [3.8, 4) is 5.75 Å². The van der Waals surface area contributed by atoms with E-state index in [4.69, 9.17) is 15.7 Å². The number of nitrogens with two attached hydrogens (primary N) is 1. The molecular weight excluding hydrogens is 216 g/mol. The van der Waals surface area contributed by atoms with E-state index in [0.29, 0.717) is 5.56 Å². The molecular formula is C13H20N2O2. The minimum Gasteiger partial charge on any atom is -0.490 e. The van der Waals surface area contributed by atoms with Crippen molar-refractivity contribution in [1.29, 1.82) is 0 Å². The predicted octanol–water partition coefficient (Wildman–Crippen LogP) is 2.66. The SMILES string of the molecule is CCCC(C)Oc1cc(/C(N)=N/O)ccc1C. The molecule has 4 nitrogen and oxygen atoms in total. The highest BCUT2D eigenvalue weighted by Gasteiger charge is 2.08. The first kappa shape index (κ1) is 13.4. The third-order valence-corrected chi connectivity index (χ3v) is 2.62. The molecule has 0 saturated heterocycles. The minimum atomic E-state index is 0.0954. The lowest BCUT2D eigenvalue weighted by molar-refractivity contribution is 0.208. The molecule has 0 aliphatic heterocycles. The van der Waals surface area contributed by atoms with E-state index in [1.54, 1.807) is 6.07 Å². The third-order valence-electron chi connectivity index (χ3n) is 2.62. The normalized spacial score (nSPS) is 13.5. The van der Waals surface area contributed by atoms with Gasteiger partial charge < -0.3 is 15.7 Å². The summed E-state index contributed by atoms with van der Waals surface area (Å²) >= 11 is 0. The van der Waals surface area contributed by atoms with E-state index in [9.17, 15) is 0 Å². The van der Waals surface area contributed by atoms with E-state index >= 15 is 0 Å². The van der Waals surface area contributed by atoms with Crippen LogP contribution < -0.4 is 10.5 Å². The molecule has 1 rings (SSSR count). The van der Waals surface area contributed by atoms with Gasteiger partial charge in [-0.3, -0.25) is 0 Å². The van der Waals surface area contributed by atoms with E-state index < -0.39 is 0 Å². The number of rotatable bonds is 5. The van der Waals surface area contributed by atoms with Crippen LogP contribution in [0.2, 0.25) is 0 Å². The van der Waals surface area contributed by atoms with Gasteiger partial charge in [-0.1, -0.05) is 30.6 Å². The van der Waals surface area contributed by atoms with Gasteiger partial charge in [0, 0.05) is 5.56 Å². The Kier molecular flexibility index (Phi) is 4.82. The zero-order valence-corrected chi connectivity index (χ0v) is 10.6. The summed E-state index contributed by atoms with van der Waals surface area (Å²) in [6.07, 6.45) is 2.26. The summed E-state index contributed by atoms with van der Waals surface area (Å²) in [7, 11) is 0. The maximum absolute atomic E-state index is 8.64. The maximum atomic E-state index is 8.64. The van der Waals surface area contributed by atoms with Crippen LogP contribution in [0.1, 0.15) is 37.8 Å². The van der Waals surface area contributed by atoms with Gasteiger partial charge in [0.2, 0.25) is 0 Å². The van der Waals surface area contributed by atoms with Gasteiger partial charge in [-0.25, -0.2) is 0 Å². The molecule has 0 aromatic heterocycles. The van der Waals surface area contributed by atoms with E-state index in [-0.39, 0.29) is 11.9 Å². The Labute approximate surface area is 102 Å². The molecule has 0 bridgehead atoms. The van der Waals surface area contributed by atoms with Gasteiger partial charge in [0.05, 0.1) is 6.10 Å². The maximum Gasteiger partial charge on any atom is 0.170 e. The molecule has 17 heavy (non-hydrogen) atoms. The van der Waals surface area contributed by atoms with Crippen molar-refractivity contribution in [1.82, 2.24) is 0 Å². The van der Waals surface area contributed by atoms with Crippen molar-refractivity contribution >= 4 is 5.84 Å². The molecule has 4 heteroatoms. The summed E-state index contributed by atoms with van der Waals surface area (Å²) in [5, 5.41) is 11.6. The van der Waals surface area contributed by atoms with E-state index in [0.717, 1.165) is 24.2 Å². The van der Waals surface area contributed by atoms with Crippen molar-refractivity contribution in [3.63, 3.8) is 0 Å². The molecule has 0 spiro atoms. The lowest BCUT2D eigenvalue weighted by atomic mass is 10.1. The van der Waals surface area contributed by atoms with Gasteiger partial charge >= 0.3 is 0 Å². The first-order valence-electron chi connectivity index (χ1n) is 5.83. The van der Waals surface area contributed by atoms with Gasteiger partial charge in [-0.2, -0.15) is 0 Å². The number of oxime groups is 1. The highest BCUT2D eigenvalue weighted by Crippen LogP contribution is 2.21. The van der Waals surface area contributed by atoms with E-state index in [1.165, 1.54) is 0 Å². The van der Waals surface area contributed by atoms with Crippen LogP contribution in [-0.2, 0) is 0 Å². The second kappa shape index (κ2) is 6.13. The first-order chi connectivity index (χ1) is 8.08. The summed E-state index contributed by atoms with van der Waals surface area (Å²) < 4.78 is 5.83. The van der Waals surface area contributed by atoms with E-state index in [2.05, 4.69) is 12.1 Å². The number of ether oxygens (including phenoxy) is 1.